The van der Waals surface area contributed by atoms with Crippen molar-refractivity contribution in [2.45, 2.75) is 6.92 Å². The fourth-order valence-corrected chi connectivity index (χ4v) is 2.51. The normalized spacial score (nSPS) is 15.2. The number of halogens is 1. The van der Waals surface area contributed by atoms with Crippen molar-refractivity contribution < 1.29 is 13.9 Å². The predicted molar refractivity (Wildman–Crippen MR) is 80.6 cm³/mol. The zero-order chi connectivity index (χ0) is 14.8. The molecule has 1 saturated heterocycles. The zero-order valence-corrected chi connectivity index (χ0v) is 12.5. The first kappa shape index (κ1) is 14.2. The molecule has 3 rings (SSSR count). The van der Waals surface area contributed by atoms with E-state index in [9.17, 15) is 4.79 Å². The van der Waals surface area contributed by atoms with E-state index in [1.54, 1.807) is 23.1 Å². The summed E-state index contributed by atoms with van der Waals surface area (Å²) in [6, 6.07) is 9.17. The van der Waals surface area contributed by atoms with Crippen LogP contribution in [0.5, 0.6) is 0 Å². The van der Waals surface area contributed by atoms with Crippen LogP contribution in [-0.2, 0) is 4.74 Å². The molecule has 110 valence electrons. The Kier molecular flexibility index (Phi) is 3.99. The molecule has 1 aromatic carbocycles. The standard InChI is InChI=1S/C16H16ClNO3/c1-11-14(16(19)18-6-8-20-9-7-18)10-15(21-11)12-2-4-13(17)5-3-12/h2-5,10H,6-9H2,1H3. The number of hydrogen-bond acceptors (Lipinski definition) is 3. The lowest BCUT2D eigenvalue weighted by Crippen LogP contribution is -2.40. The number of rotatable bonds is 2. The molecule has 5 heteroatoms. The molecule has 0 bridgehead atoms. The van der Waals surface area contributed by atoms with E-state index in [-0.39, 0.29) is 5.91 Å². The lowest BCUT2D eigenvalue weighted by atomic mass is 10.1. The first-order chi connectivity index (χ1) is 10.1. The highest BCUT2D eigenvalue weighted by Gasteiger charge is 2.23. The van der Waals surface area contributed by atoms with Gasteiger partial charge in [-0.1, -0.05) is 11.6 Å². The number of nitrogens with zero attached hydrogens (tertiary/aromatic N) is 1. The van der Waals surface area contributed by atoms with Crippen LogP contribution in [-0.4, -0.2) is 37.1 Å². The summed E-state index contributed by atoms with van der Waals surface area (Å²) in [4.78, 5) is 14.3. The maximum Gasteiger partial charge on any atom is 0.257 e. The molecule has 4 nitrogen and oxygen atoms in total. The van der Waals surface area contributed by atoms with Crippen LogP contribution in [0.2, 0.25) is 5.02 Å². The van der Waals surface area contributed by atoms with Crippen LogP contribution >= 0.6 is 11.6 Å². The van der Waals surface area contributed by atoms with E-state index in [1.807, 2.05) is 19.1 Å². The van der Waals surface area contributed by atoms with Gasteiger partial charge in [0.15, 0.2) is 0 Å². The van der Waals surface area contributed by atoms with Gasteiger partial charge in [0.25, 0.3) is 5.91 Å². The molecular weight excluding hydrogens is 290 g/mol. The lowest BCUT2D eigenvalue weighted by Gasteiger charge is -2.26. The van der Waals surface area contributed by atoms with E-state index in [0.717, 1.165) is 5.56 Å². The van der Waals surface area contributed by atoms with E-state index in [1.165, 1.54) is 0 Å². The maximum absolute atomic E-state index is 12.5. The second kappa shape index (κ2) is 5.92. The minimum Gasteiger partial charge on any atom is -0.461 e. The van der Waals surface area contributed by atoms with Crippen molar-refractivity contribution in [1.29, 1.82) is 0 Å². The first-order valence-corrected chi connectivity index (χ1v) is 7.26. The Bertz CT molecular complexity index is 642. The topological polar surface area (TPSA) is 42.7 Å². The summed E-state index contributed by atoms with van der Waals surface area (Å²) in [5.74, 6) is 1.32. The Morgan fingerprint density at radius 2 is 1.86 bits per heavy atom. The summed E-state index contributed by atoms with van der Waals surface area (Å²) in [5, 5.41) is 0.673. The van der Waals surface area contributed by atoms with Crippen LogP contribution < -0.4 is 0 Å². The quantitative estimate of drug-likeness (QED) is 0.854. The van der Waals surface area contributed by atoms with Crippen LogP contribution in [0, 0.1) is 6.92 Å². The third-order valence-electron chi connectivity index (χ3n) is 3.58. The molecule has 0 spiro atoms. The van der Waals surface area contributed by atoms with Crippen molar-refractivity contribution in [2.24, 2.45) is 0 Å². The molecule has 1 aromatic heterocycles. The second-order valence-electron chi connectivity index (χ2n) is 4.99. The van der Waals surface area contributed by atoms with E-state index in [4.69, 9.17) is 20.8 Å². The van der Waals surface area contributed by atoms with Gasteiger partial charge >= 0.3 is 0 Å². The number of morpholine rings is 1. The van der Waals surface area contributed by atoms with Gasteiger partial charge in [0, 0.05) is 23.7 Å². The van der Waals surface area contributed by atoms with Gasteiger partial charge < -0.3 is 14.1 Å². The van der Waals surface area contributed by atoms with E-state index in [2.05, 4.69) is 0 Å². The molecule has 1 aliphatic rings. The van der Waals surface area contributed by atoms with Gasteiger partial charge in [-0.05, 0) is 37.3 Å². The molecule has 0 aliphatic carbocycles. The minimum atomic E-state index is -0.000219. The van der Waals surface area contributed by atoms with Gasteiger partial charge in [0.1, 0.15) is 11.5 Å². The summed E-state index contributed by atoms with van der Waals surface area (Å²) < 4.78 is 11.0. The Balaban J connectivity index is 1.87. The highest BCUT2D eigenvalue weighted by molar-refractivity contribution is 6.30. The molecular formula is C16H16ClNO3. The summed E-state index contributed by atoms with van der Waals surface area (Å²) in [6.45, 7) is 4.24. The van der Waals surface area contributed by atoms with Crippen molar-refractivity contribution in [2.75, 3.05) is 26.3 Å². The Morgan fingerprint density at radius 3 is 2.52 bits per heavy atom. The number of amides is 1. The molecule has 0 atom stereocenters. The van der Waals surface area contributed by atoms with Crippen LogP contribution in [0.1, 0.15) is 16.1 Å². The number of ether oxygens (including phenoxy) is 1. The van der Waals surface area contributed by atoms with Crippen molar-refractivity contribution in [3.63, 3.8) is 0 Å². The smallest absolute Gasteiger partial charge is 0.257 e. The highest BCUT2D eigenvalue weighted by Crippen LogP contribution is 2.27. The summed E-state index contributed by atoms with van der Waals surface area (Å²) in [6.07, 6.45) is 0. The SMILES string of the molecule is Cc1oc(-c2ccc(Cl)cc2)cc1C(=O)N1CCOCC1. The van der Waals surface area contributed by atoms with Gasteiger partial charge in [-0.3, -0.25) is 4.79 Å². The second-order valence-corrected chi connectivity index (χ2v) is 5.43. The fourth-order valence-electron chi connectivity index (χ4n) is 2.39. The number of aryl methyl sites for hydroxylation is 1. The van der Waals surface area contributed by atoms with Gasteiger partial charge in [-0.15, -0.1) is 0 Å². The average molecular weight is 306 g/mol. The molecule has 1 amide bonds. The van der Waals surface area contributed by atoms with Crippen molar-refractivity contribution >= 4 is 17.5 Å². The van der Waals surface area contributed by atoms with E-state index in [0.29, 0.717) is 48.4 Å². The van der Waals surface area contributed by atoms with Crippen LogP contribution in [0.25, 0.3) is 11.3 Å². The molecule has 0 unspecified atom stereocenters. The number of benzene rings is 1. The number of carbonyl (C=O) groups is 1. The molecule has 21 heavy (non-hydrogen) atoms. The van der Waals surface area contributed by atoms with Gasteiger partial charge in [0.2, 0.25) is 0 Å². The van der Waals surface area contributed by atoms with Gasteiger partial charge in [-0.2, -0.15) is 0 Å². The van der Waals surface area contributed by atoms with Crippen LogP contribution in [0.15, 0.2) is 34.7 Å². The van der Waals surface area contributed by atoms with Crippen LogP contribution in [0.4, 0.5) is 0 Å². The molecule has 2 aromatic rings. The molecule has 1 fully saturated rings. The minimum absolute atomic E-state index is 0.000219. The Labute approximate surface area is 128 Å². The Hall–Kier alpha value is -1.78. The van der Waals surface area contributed by atoms with Crippen LogP contribution in [0.3, 0.4) is 0 Å². The zero-order valence-electron chi connectivity index (χ0n) is 11.8. The molecule has 2 heterocycles. The molecule has 0 N–H and O–H groups in total. The van der Waals surface area contributed by atoms with Gasteiger partial charge in [0.05, 0.1) is 18.8 Å². The van der Waals surface area contributed by atoms with Crippen molar-refractivity contribution in [3.8, 4) is 11.3 Å². The number of hydrogen-bond donors (Lipinski definition) is 0. The first-order valence-electron chi connectivity index (χ1n) is 6.88. The average Bonchev–Trinajstić information content (AvgIpc) is 2.90. The predicted octanol–water partition coefficient (Wildman–Crippen LogP) is 3.38. The Morgan fingerprint density at radius 1 is 1.19 bits per heavy atom. The summed E-state index contributed by atoms with van der Waals surface area (Å²) >= 11 is 5.88. The fraction of sp³-hybridized carbons (Fsp3) is 0.312. The molecule has 0 radical (unpaired) electrons. The summed E-state index contributed by atoms with van der Waals surface area (Å²) in [7, 11) is 0. The summed E-state index contributed by atoms with van der Waals surface area (Å²) in [5.41, 5.74) is 1.52. The van der Waals surface area contributed by atoms with Gasteiger partial charge in [-0.25, -0.2) is 0 Å². The van der Waals surface area contributed by atoms with E-state index < -0.39 is 0 Å². The van der Waals surface area contributed by atoms with Crippen molar-refractivity contribution in [3.05, 3.63) is 46.7 Å². The largest absolute Gasteiger partial charge is 0.461 e. The highest BCUT2D eigenvalue weighted by atomic mass is 35.5. The van der Waals surface area contributed by atoms with E-state index >= 15 is 0 Å². The monoisotopic (exact) mass is 305 g/mol. The maximum atomic E-state index is 12.5. The lowest BCUT2D eigenvalue weighted by molar-refractivity contribution is 0.0301. The number of furan rings is 1. The molecule has 0 saturated carbocycles. The third kappa shape index (κ3) is 2.96. The third-order valence-corrected chi connectivity index (χ3v) is 3.83. The molecule has 1 aliphatic heterocycles. The number of carbonyl (C=O) groups excluding carboxylic acids is 1. The van der Waals surface area contributed by atoms with Crippen molar-refractivity contribution in [1.82, 2.24) is 4.90 Å².